The standard InChI is InChI=1S/C22H25ClF3N7O2/c1-11(2)33-21(34-15-6-7-17(23)16(8-15)22(24,25)26)29-19(30-33)28-18-13-4-5-14(18)10-32(9-13)20-27-12(3)31-35-20/h6-8,11,13-14,18H,4-5,9-10H2,1-3H3,(H,28,30)/t13-,14+,18+. The quantitative estimate of drug-likeness (QED) is 0.474. The smallest absolute Gasteiger partial charge is 0.417 e. The van der Waals surface area contributed by atoms with E-state index >= 15 is 0 Å². The molecule has 5 rings (SSSR count). The molecule has 2 aromatic heterocycles. The average molecular weight is 512 g/mol. The van der Waals surface area contributed by atoms with Crippen molar-refractivity contribution < 1.29 is 22.4 Å². The first-order valence-corrected chi connectivity index (χ1v) is 11.8. The van der Waals surface area contributed by atoms with Crippen molar-refractivity contribution in [2.24, 2.45) is 11.8 Å². The molecule has 2 bridgehead atoms. The van der Waals surface area contributed by atoms with E-state index in [1.165, 1.54) is 6.07 Å². The van der Waals surface area contributed by atoms with Crippen LogP contribution in [0.2, 0.25) is 5.02 Å². The van der Waals surface area contributed by atoms with Crippen molar-refractivity contribution in [3.05, 3.63) is 34.6 Å². The second-order valence-corrected chi connectivity index (χ2v) is 9.70. The van der Waals surface area contributed by atoms with Crippen LogP contribution in [0.15, 0.2) is 22.7 Å². The first kappa shape index (κ1) is 23.7. The van der Waals surface area contributed by atoms with Crippen LogP contribution in [0.5, 0.6) is 11.8 Å². The molecular formula is C22H25ClF3N7O2. The Bertz CT molecular complexity index is 1200. The number of aromatic nitrogens is 5. The molecule has 0 radical (unpaired) electrons. The third-order valence-electron chi connectivity index (χ3n) is 6.46. The number of halogens is 4. The normalized spacial score (nSPS) is 22.2. The summed E-state index contributed by atoms with van der Waals surface area (Å²) >= 11 is 5.73. The van der Waals surface area contributed by atoms with Crippen molar-refractivity contribution in [2.75, 3.05) is 23.3 Å². The van der Waals surface area contributed by atoms with Gasteiger partial charge in [-0.05, 0) is 63.6 Å². The number of anilines is 2. The van der Waals surface area contributed by atoms with Gasteiger partial charge in [0, 0.05) is 19.1 Å². The van der Waals surface area contributed by atoms with Crippen molar-refractivity contribution in [1.82, 2.24) is 24.9 Å². The average Bonchev–Trinajstić information content (AvgIpc) is 3.45. The number of benzene rings is 1. The van der Waals surface area contributed by atoms with Gasteiger partial charge in [-0.1, -0.05) is 16.8 Å². The molecule has 1 aromatic carbocycles. The maximum Gasteiger partial charge on any atom is 0.417 e. The van der Waals surface area contributed by atoms with E-state index in [1.54, 1.807) is 11.6 Å². The number of nitrogens with zero attached hydrogens (tertiary/aromatic N) is 6. The largest absolute Gasteiger partial charge is 0.424 e. The summed E-state index contributed by atoms with van der Waals surface area (Å²) in [4.78, 5) is 10.9. The minimum atomic E-state index is -4.59. The first-order valence-electron chi connectivity index (χ1n) is 11.4. The Morgan fingerprint density at radius 1 is 1.17 bits per heavy atom. The van der Waals surface area contributed by atoms with Gasteiger partial charge in [0.1, 0.15) is 5.75 Å². The van der Waals surface area contributed by atoms with Gasteiger partial charge in [0.25, 0.3) is 0 Å². The van der Waals surface area contributed by atoms with Crippen LogP contribution in [-0.4, -0.2) is 44.0 Å². The van der Waals surface area contributed by atoms with Crippen LogP contribution in [0.4, 0.5) is 25.1 Å². The molecule has 1 aliphatic heterocycles. The zero-order valence-electron chi connectivity index (χ0n) is 19.4. The summed E-state index contributed by atoms with van der Waals surface area (Å²) in [6.45, 7) is 7.12. The zero-order valence-corrected chi connectivity index (χ0v) is 20.1. The second kappa shape index (κ2) is 8.89. The summed E-state index contributed by atoms with van der Waals surface area (Å²) in [5.41, 5.74) is -0.967. The van der Waals surface area contributed by atoms with E-state index in [2.05, 4.69) is 30.4 Å². The van der Waals surface area contributed by atoms with E-state index in [-0.39, 0.29) is 23.8 Å². The fourth-order valence-electron chi connectivity index (χ4n) is 4.84. The minimum Gasteiger partial charge on any atom is -0.424 e. The number of alkyl halides is 3. The van der Waals surface area contributed by atoms with Gasteiger partial charge in [0.15, 0.2) is 5.82 Å². The lowest BCUT2D eigenvalue weighted by Gasteiger charge is -2.37. The fourth-order valence-corrected chi connectivity index (χ4v) is 5.07. The van der Waals surface area contributed by atoms with E-state index in [0.717, 1.165) is 38.1 Å². The molecule has 35 heavy (non-hydrogen) atoms. The lowest BCUT2D eigenvalue weighted by Crippen LogP contribution is -2.48. The zero-order chi connectivity index (χ0) is 24.9. The van der Waals surface area contributed by atoms with Crippen LogP contribution in [-0.2, 0) is 6.18 Å². The predicted octanol–water partition coefficient (Wildman–Crippen LogP) is 5.34. The highest BCUT2D eigenvalue weighted by atomic mass is 35.5. The highest BCUT2D eigenvalue weighted by molar-refractivity contribution is 6.31. The molecule has 3 aromatic rings. The summed E-state index contributed by atoms with van der Waals surface area (Å²) in [5.74, 6) is 1.63. The molecule has 1 aliphatic carbocycles. The minimum absolute atomic E-state index is 0.0224. The number of fused-ring (bicyclic) bond motifs is 2. The monoisotopic (exact) mass is 511 g/mol. The lowest BCUT2D eigenvalue weighted by atomic mass is 9.92. The van der Waals surface area contributed by atoms with Gasteiger partial charge < -0.3 is 19.5 Å². The molecule has 0 unspecified atom stereocenters. The summed E-state index contributed by atoms with van der Waals surface area (Å²) in [6.07, 6.45) is -2.50. The van der Waals surface area contributed by atoms with Crippen LogP contribution in [0.3, 0.4) is 0 Å². The van der Waals surface area contributed by atoms with Crippen molar-refractivity contribution >= 4 is 23.6 Å². The Balaban J connectivity index is 1.34. The van der Waals surface area contributed by atoms with Gasteiger partial charge in [0.05, 0.1) is 16.6 Å². The first-order chi connectivity index (χ1) is 16.6. The van der Waals surface area contributed by atoms with Crippen molar-refractivity contribution in [3.8, 4) is 11.8 Å². The van der Waals surface area contributed by atoms with E-state index in [9.17, 15) is 13.2 Å². The highest BCUT2D eigenvalue weighted by Gasteiger charge is 2.44. The number of piperidine rings is 1. The van der Waals surface area contributed by atoms with Crippen LogP contribution >= 0.6 is 11.6 Å². The SMILES string of the molecule is Cc1noc(N2C[C@H]3CC[C@@H](C2)[C@H]3Nc2nc(Oc3ccc(Cl)c(C(F)(F)F)c3)n(C(C)C)n2)n1. The molecule has 13 heteroatoms. The molecular weight excluding hydrogens is 487 g/mol. The molecule has 1 saturated heterocycles. The van der Waals surface area contributed by atoms with Gasteiger partial charge in [-0.25, -0.2) is 4.68 Å². The molecule has 1 N–H and O–H groups in total. The van der Waals surface area contributed by atoms with Gasteiger partial charge in [-0.15, -0.1) is 5.10 Å². The fraction of sp³-hybridized carbons (Fsp3) is 0.545. The summed E-state index contributed by atoms with van der Waals surface area (Å²) < 4.78 is 52.4. The van der Waals surface area contributed by atoms with Crippen LogP contribution in [0.1, 0.15) is 44.1 Å². The molecule has 188 valence electrons. The highest BCUT2D eigenvalue weighted by Crippen LogP contribution is 2.41. The maximum atomic E-state index is 13.3. The van der Waals surface area contributed by atoms with Gasteiger partial charge in [-0.2, -0.15) is 23.1 Å². The topological polar surface area (TPSA) is 94.1 Å². The number of hydrogen-bond donors (Lipinski definition) is 1. The number of ether oxygens (including phenoxy) is 1. The van der Waals surface area contributed by atoms with E-state index < -0.39 is 16.8 Å². The van der Waals surface area contributed by atoms with Crippen LogP contribution < -0.4 is 15.0 Å². The Hall–Kier alpha value is -3.02. The third-order valence-corrected chi connectivity index (χ3v) is 6.79. The molecule has 2 fully saturated rings. The Labute approximate surface area is 204 Å². The molecule has 0 amide bonds. The molecule has 2 aliphatic rings. The van der Waals surface area contributed by atoms with E-state index in [0.29, 0.717) is 29.6 Å². The summed E-state index contributed by atoms with van der Waals surface area (Å²) in [5, 5.41) is 11.5. The summed E-state index contributed by atoms with van der Waals surface area (Å²) in [7, 11) is 0. The molecule has 1 saturated carbocycles. The van der Waals surface area contributed by atoms with Gasteiger partial charge in [-0.3, -0.25) is 0 Å². The Morgan fingerprint density at radius 3 is 2.49 bits per heavy atom. The number of hydrogen-bond acceptors (Lipinski definition) is 8. The van der Waals surface area contributed by atoms with Crippen molar-refractivity contribution in [3.63, 3.8) is 0 Å². The number of rotatable bonds is 6. The number of aryl methyl sites for hydroxylation is 1. The van der Waals surface area contributed by atoms with Crippen molar-refractivity contribution in [1.29, 1.82) is 0 Å². The van der Waals surface area contributed by atoms with Crippen molar-refractivity contribution in [2.45, 2.75) is 51.9 Å². The lowest BCUT2D eigenvalue weighted by molar-refractivity contribution is -0.137. The molecule has 0 spiro atoms. The second-order valence-electron chi connectivity index (χ2n) is 9.29. The molecule has 3 atom stereocenters. The van der Waals surface area contributed by atoms with E-state index in [1.807, 2.05) is 13.8 Å². The Kier molecular flexibility index (Phi) is 6.02. The van der Waals surface area contributed by atoms with E-state index in [4.69, 9.17) is 20.9 Å². The predicted molar refractivity (Wildman–Crippen MR) is 122 cm³/mol. The Morgan fingerprint density at radius 2 is 1.89 bits per heavy atom. The van der Waals surface area contributed by atoms with Gasteiger partial charge >= 0.3 is 18.2 Å². The molecule has 9 nitrogen and oxygen atoms in total. The third kappa shape index (κ3) is 4.75. The van der Waals surface area contributed by atoms with Crippen LogP contribution in [0, 0.1) is 18.8 Å². The maximum absolute atomic E-state index is 13.3. The molecule has 3 heterocycles. The van der Waals surface area contributed by atoms with Crippen LogP contribution in [0.25, 0.3) is 0 Å². The number of nitrogens with one attached hydrogen (secondary N) is 1. The van der Waals surface area contributed by atoms with Gasteiger partial charge in [0.2, 0.25) is 5.95 Å². The summed E-state index contributed by atoms with van der Waals surface area (Å²) in [6, 6.07) is 4.07.